The number of carbonyl (C=O) groups is 1. The fourth-order valence-corrected chi connectivity index (χ4v) is 7.66. The number of sulfonamides is 1. The Labute approximate surface area is 202 Å². The summed E-state index contributed by atoms with van der Waals surface area (Å²) in [7, 11) is -3.53. The van der Waals surface area contributed by atoms with Gasteiger partial charge in [-0.2, -0.15) is 4.31 Å². The molecule has 2 aliphatic heterocycles. The van der Waals surface area contributed by atoms with Gasteiger partial charge in [0, 0.05) is 31.1 Å². The molecule has 2 saturated heterocycles. The van der Waals surface area contributed by atoms with E-state index in [0.29, 0.717) is 23.7 Å². The van der Waals surface area contributed by atoms with Gasteiger partial charge >= 0.3 is 0 Å². The lowest BCUT2D eigenvalue weighted by Crippen LogP contribution is -2.45. The third kappa shape index (κ3) is 6.23. The smallest absolute Gasteiger partial charge is 0.252 e. The highest BCUT2D eigenvalue weighted by Crippen LogP contribution is 2.28. The van der Waals surface area contributed by atoms with Gasteiger partial charge < -0.3 is 5.32 Å². The SMILES string of the molecule is Cc1ccc(S(=O)(=O)N2CCCC(C(=O)NCc3cccc(CN4CCC(C)CC4)c3)C2)s1. The molecule has 6 nitrogen and oxygen atoms in total. The number of likely N-dealkylation sites (tertiary alicyclic amines) is 1. The Kier molecular flexibility index (Phi) is 7.89. The number of carbonyl (C=O) groups excluding carboxylic acids is 1. The van der Waals surface area contributed by atoms with Gasteiger partial charge in [0.2, 0.25) is 5.91 Å². The first-order valence-corrected chi connectivity index (χ1v) is 14.2. The van der Waals surface area contributed by atoms with E-state index in [2.05, 4.69) is 35.3 Å². The van der Waals surface area contributed by atoms with E-state index < -0.39 is 10.0 Å². The number of hydrogen-bond donors (Lipinski definition) is 1. The quantitative estimate of drug-likeness (QED) is 0.638. The predicted molar refractivity (Wildman–Crippen MR) is 133 cm³/mol. The van der Waals surface area contributed by atoms with Crippen LogP contribution in [0.25, 0.3) is 0 Å². The summed E-state index contributed by atoms with van der Waals surface area (Å²) in [4.78, 5) is 16.4. The van der Waals surface area contributed by atoms with Crippen LogP contribution in [0.3, 0.4) is 0 Å². The summed E-state index contributed by atoms with van der Waals surface area (Å²) in [5, 5.41) is 3.05. The Balaban J connectivity index is 1.31. The van der Waals surface area contributed by atoms with Gasteiger partial charge in [-0.25, -0.2) is 8.42 Å². The fourth-order valence-electron chi connectivity index (χ4n) is 4.70. The van der Waals surface area contributed by atoms with Crippen LogP contribution >= 0.6 is 11.3 Å². The summed E-state index contributed by atoms with van der Waals surface area (Å²) < 4.78 is 27.8. The Morgan fingerprint density at radius 1 is 1.09 bits per heavy atom. The second-order valence-electron chi connectivity index (χ2n) is 9.56. The number of nitrogens with one attached hydrogen (secondary N) is 1. The molecule has 3 heterocycles. The number of piperidine rings is 2. The molecule has 0 spiro atoms. The summed E-state index contributed by atoms with van der Waals surface area (Å²) in [6.45, 7) is 8.66. The standard InChI is InChI=1S/C25H35N3O3S2/c1-19-10-13-27(14-11-19)17-22-6-3-5-21(15-22)16-26-25(29)23-7-4-12-28(18-23)33(30,31)24-9-8-20(2)32-24/h3,5-6,8-9,15,19,23H,4,7,10-14,16-18H2,1-2H3,(H,26,29). The second kappa shape index (κ2) is 10.7. The van der Waals surface area contributed by atoms with Gasteiger partial charge in [0.1, 0.15) is 4.21 Å². The molecule has 33 heavy (non-hydrogen) atoms. The van der Waals surface area contributed by atoms with Crippen LogP contribution in [-0.2, 0) is 27.9 Å². The van der Waals surface area contributed by atoms with Crippen LogP contribution < -0.4 is 5.32 Å². The zero-order valence-corrected chi connectivity index (χ0v) is 21.3. The zero-order chi connectivity index (χ0) is 23.4. The maximum absolute atomic E-state index is 13.0. The third-order valence-corrected chi connectivity index (χ3v) is 10.1. The van der Waals surface area contributed by atoms with E-state index in [-0.39, 0.29) is 18.4 Å². The Morgan fingerprint density at radius 3 is 2.58 bits per heavy atom. The number of hydrogen-bond acceptors (Lipinski definition) is 5. The van der Waals surface area contributed by atoms with E-state index in [9.17, 15) is 13.2 Å². The van der Waals surface area contributed by atoms with Gasteiger partial charge in [0.25, 0.3) is 10.0 Å². The van der Waals surface area contributed by atoms with Gasteiger partial charge in [0.15, 0.2) is 0 Å². The molecule has 1 N–H and O–H groups in total. The lowest BCUT2D eigenvalue weighted by molar-refractivity contribution is -0.126. The molecule has 0 bridgehead atoms. The van der Waals surface area contributed by atoms with Crippen molar-refractivity contribution in [3.05, 3.63) is 52.4 Å². The van der Waals surface area contributed by atoms with Crippen LogP contribution in [0.1, 0.15) is 48.6 Å². The van der Waals surface area contributed by atoms with Crippen LogP contribution in [0, 0.1) is 18.8 Å². The van der Waals surface area contributed by atoms with E-state index in [1.54, 1.807) is 6.07 Å². The average molecular weight is 490 g/mol. The maximum Gasteiger partial charge on any atom is 0.252 e. The van der Waals surface area contributed by atoms with Crippen molar-refractivity contribution in [1.29, 1.82) is 0 Å². The van der Waals surface area contributed by atoms with E-state index >= 15 is 0 Å². The van der Waals surface area contributed by atoms with E-state index in [1.807, 2.05) is 19.1 Å². The highest BCUT2D eigenvalue weighted by atomic mass is 32.2. The van der Waals surface area contributed by atoms with Gasteiger partial charge in [-0.05, 0) is 74.9 Å². The van der Waals surface area contributed by atoms with Crippen molar-refractivity contribution in [2.24, 2.45) is 11.8 Å². The first kappa shape index (κ1) is 24.4. The van der Waals surface area contributed by atoms with Crippen LogP contribution in [0.4, 0.5) is 0 Å². The molecule has 8 heteroatoms. The molecule has 1 unspecified atom stereocenters. The first-order valence-electron chi connectivity index (χ1n) is 12.0. The topological polar surface area (TPSA) is 69.7 Å². The number of nitrogens with zero attached hydrogens (tertiary/aromatic N) is 2. The Morgan fingerprint density at radius 2 is 1.85 bits per heavy atom. The van der Waals surface area contributed by atoms with Crippen molar-refractivity contribution in [2.45, 2.75) is 56.8 Å². The predicted octanol–water partition coefficient (Wildman–Crippen LogP) is 4.01. The van der Waals surface area contributed by atoms with Crippen molar-refractivity contribution < 1.29 is 13.2 Å². The molecule has 180 valence electrons. The molecule has 2 aromatic rings. The molecule has 1 amide bonds. The molecular formula is C25H35N3O3S2. The van der Waals surface area contributed by atoms with Crippen LogP contribution in [0.15, 0.2) is 40.6 Å². The highest BCUT2D eigenvalue weighted by Gasteiger charge is 2.34. The minimum atomic E-state index is -3.53. The molecule has 0 saturated carbocycles. The maximum atomic E-state index is 13.0. The van der Waals surface area contributed by atoms with Crippen molar-refractivity contribution in [3.8, 4) is 0 Å². The molecule has 0 radical (unpaired) electrons. The summed E-state index contributed by atoms with van der Waals surface area (Å²) >= 11 is 1.29. The lowest BCUT2D eigenvalue weighted by atomic mass is 9.98. The second-order valence-corrected chi connectivity index (χ2v) is 13.0. The number of benzene rings is 1. The van der Waals surface area contributed by atoms with E-state index in [1.165, 1.54) is 34.0 Å². The Hall–Kier alpha value is -1.74. The van der Waals surface area contributed by atoms with Crippen LogP contribution in [0.5, 0.6) is 0 Å². The van der Waals surface area contributed by atoms with Crippen LogP contribution in [0.2, 0.25) is 0 Å². The van der Waals surface area contributed by atoms with E-state index in [4.69, 9.17) is 0 Å². The number of rotatable bonds is 7. The van der Waals surface area contributed by atoms with Crippen molar-refractivity contribution in [1.82, 2.24) is 14.5 Å². The van der Waals surface area contributed by atoms with Gasteiger partial charge in [-0.3, -0.25) is 9.69 Å². The van der Waals surface area contributed by atoms with Crippen molar-refractivity contribution >= 4 is 27.3 Å². The normalized spacial score (nSPS) is 21.2. The molecule has 2 aliphatic rings. The van der Waals surface area contributed by atoms with E-state index in [0.717, 1.165) is 42.4 Å². The molecule has 2 fully saturated rings. The summed E-state index contributed by atoms with van der Waals surface area (Å²) in [6, 6.07) is 11.9. The number of thiophene rings is 1. The molecule has 4 rings (SSSR count). The van der Waals surface area contributed by atoms with Crippen LogP contribution in [-0.4, -0.2) is 49.7 Å². The summed E-state index contributed by atoms with van der Waals surface area (Å²) in [5.74, 6) is 0.448. The van der Waals surface area contributed by atoms with Crippen molar-refractivity contribution in [2.75, 3.05) is 26.2 Å². The summed E-state index contributed by atoms with van der Waals surface area (Å²) in [6.07, 6.45) is 3.94. The fraction of sp³-hybridized carbons (Fsp3) is 0.560. The average Bonchev–Trinajstić information content (AvgIpc) is 3.26. The third-order valence-electron chi connectivity index (χ3n) is 6.81. The van der Waals surface area contributed by atoms with Gasteiger partial charge in [-0.15, -0.1) is 11.3 Å². The molecule has 1 aromatic heterocycles. The van der Waals surface area contributed by atoms with Gasteiger partial charge in [0.05, 0.1) is 5.92 Å². The monoisotopic (exact) mass is 489 g/mol. The zero-order valence-electron chi connectivity index (χ0n) is 19.6. The highest BCUT2D eigenvalue weighted by molar-refractivity contribution is 7.91. The molecule has 1 aromatic carbocycles. The molecule has 1 atom stereocenters. The van der Waals surface area contributed by atoms with Crippen molar-refractivity contribution in [3.63, 3.8) is 0 Å². The Bertz CT molecular complexity index is 1060. The number of amides is 1. The lowest BCUT2D eigenvalue weighted by Gasteiger charge is -2.31. The first-order chi connectivity index (χ1) is 15.8. The minimum absolute atomic E-state index is 0.0623. The minimum Gasteiger partial charge on any atom is -0.352 e. The number of aryl methyl sites for hydroxylation is 1. The summed E-state index contributed by atoms with van der Waals surface area (Å²) in [5.41, 5.74) is 2.36. The largest absolute Gasteiger partial charge is 0.352 e. The molecular weight excluding hydrogens is 454 g/mol. The molecule has 0 aliphatic carbocycles. The van der Waals surface area contributed by atoms with Gasteiger partial charge in [-0.1, -0.05) is 31.2 Å².